The largest absolute Gasteiger partial charge is 0.481 e. The van der Waals surface area contributed by atoms with Crippen molar-refractivity contribution >= 4 is 11.7 Å². The Morgan fingerprint density at radius 1 is 1.44 bits per heavy atom. The second-order valence-corrected chi connectivity index (χ2v) is 3.67. The van der Waals surface area contributed by atoms with Crippen molar-refractivity contribution in [2.24, 2.45) is 0 Å². The van der Waals surface area contributed by atoms with Crippen molar-refractivity contribution in [3.05, 3.63) is 23.9 Å². The Balaban J connectivity index is 2.03. The first kappa shape index (κ1) is 10.6. The maximum atomic E-state index is 11.4. The fourth-order valence-electron chi connectivity index (χ4n) is 1.63. The summed E-state index contributed by atoms with van der Waals surface area (Å²) in [5.74, 6) is 0.403. The lowest BCUT2D eigenvalue weighted by Crippen LogP contribution is -2.24. The summed E-state index contributed by atoms with van der Waals surface area (Å²) in [6, 6.07) is 3.57. The summed E-state index contributed by atoms with van der Waals surface area (Å²) in [4.78, 5) is 28.0. The van der Waals surface area contributed by atoms with Gasteiger partial charge in [-0.25, -0.2) is 4.98 Å². The predicted molar refractivity (Wildman–Crippen MR) is 55.8 cm³/mol. The van der Waals surface area contributed by atoms with Crippen LogP contribution in [0.5, 0.6) is 5.88 Å². The molecule has 1 saturated heterocycles. The van der Waals surface area contributed by atoms with E-state index in [0.717, 1.165) is 5.56 Å². The molecule has 1 aromatic rings. The molecule has 1 aromatic heterocycles. The highest BCUT2D eigenvalue weighted by atomic mass is 16.5. The fourth-order valence-corrected chi connectivity index (χ4v) is 1.63. The summed E-state index contributed by atoms with van der Waals surface area (Å²) in [5, 5.41) is 0. The van der Waals surface area contributed by atoms with Crippen LogP contribution >= 0.6 is 0 Å². The highest BCUT2D eigenvalue weighted by molar-refractivity contribution is 6.05. The molecule has 2 rings (SSSR count). The molecule has 0 aliphatic carbocycles. The van der Waals surface area contributed by atoms with Crippen LogP contribution in [0, 0.1) is 0 Å². The van der Waals surface area contributed by atoms with Gasteiger partial charge in [0.2, 0.25) is 11.8 Å². The average molecular weight is 220 g/mol. The number of Topliss-reactive ketones (excluding diaryl/α,β-unsaturated/α-hetero) is 1. The van der Waals surface area contributed by atoms with Gasteiger partial charge in [-0.1, -0.05) is 6.07 Å². The lowest BCUT2D eigenvalue weighted by atomic mass is 10.2. The Morgan fingerprint density at radius 2 is 2.25 bits per heavy atom. The van der Waals surface area contributed by atoms with Gasteiger partial charge in [0.1, 0.15) is 0 Å². The van der Waals surface area contributed by atoms with E-state index in [9.17, 15) is 9.59 Å². The second-order valence-electron chi connectivity index (χ2n) is 3.67. The number of methoxy groups -OCH3 is 1. The molecular weight excluding hydrogens is 208 g/mol. The molecule has 84 valence electrons. The van der Waals surface area contributed by atoms with Gasteiger partial charge < -0.3 is 9.64 Å². The Kier molecular flexibility index (Phi) is 2.85. The van der Waals surface area contributed by atoms with Gasteiger partial charge in [0.05, 0.1) is 20.1 Å². The smallest absolute Gasteiger partial charge is 0.230 e. The third-order valence-electron chi connectivity index (χ3n) is 2.45. The first-order valence-electron chi connectivity index (χ1n) is 4.97. The maximum Gasteiger partial charge on any atom is 0.230 e. The van der Waals surface area contributed by atoms with Crippen LogP contribution in [0.1, 0.15) is 12.0 Å². The van der Waals surface area contributed by atoms with Crippen LogP contribution in [0.3, 0.4) is 0 Å². The van der Waals surface area contributed by atoms with Gasteiger partial charge in [0.25, 0.3) is 0 Å². The average Bonchev–Trinajstić information content (AvgIpc) is 2.59. The van der Waals surface area contributed by atoms with Gasteiger partial charge in [-0.05, 0) is 5.56 Å². The van der Waals surface area contributed by atoms with Gasteiger partial charge in [-0.3, -0.25) is 9.59 Å². The van der Waals surface area contributed by atoms with Crippen LogP contribution < -0.4 is 4.74 Å². The minimum absolute atomic E-state index is 0.0218. The van der Waals surface area contributed by atoms with Crippen molar-refractivity contribution < 1.29 is 14.3 Å². The van der Waals surface area contributed by atoms with Crippen LogP contribution in [-0.2, 0) is 16.1 Å². The summed E-state index contributed by atoms with van der Waals surface area (Å²) >= 11 is 0. The quantitative estimate of drug-likeness (QED) is 0.691. The molecule has 5 heteroatoms. The molecule has 0 bridgehead atoms. The zero-order valence-corrected chi connectivity index (χ0v) is 8.97. The predicted octanol–water partition coefficient (Wildman–Crippen LogP) is 0.392. The number of hydrogen-bond acceptors (Lipinski definition) is 4. The fraction of sp³-hybridized carbons (Fsp3) is 0.364. The summed E-state index contributed by atoms with van der Waals surface area (Å²) in [6.45, 7) is 0.645. The number of ether oxygens (including phenoxy) is 1. The molecule has 1 amide bonds. The van der Waals surface area contributed by atoms with Crippen molar-refractivity contribution in [1.82, 2.24) is 9.88 Å². The lowest BCUT2D eigenvalue weighted by molar-refractivity contribution is -0.128. The van der Waals surface area contributed by atoms with E-state index in [1.807, 2.05) is 6.07 Å². The van der Waals surface area contributed by atoms with Crippen LogP contribution in [0.4, 0.5) is 0 Å². The topological polar surface area (TPSA) is 59.5 Å². The minimum Gasteiger partial charge on any atom is -0.481 e. The highest BCUT2D eigenvalue weighted by Crippen LogP contribution is 2.13. The van der Waals surface area contributed by atoms with E-state index in [1.54, 1.807) is 19.4 Å². The molecule has 16 heavy (non-hydrogen) atoms. The normalized spacial score (nSPS) is 15.7. The van der Waals surface area contributed by atoms with E-state index in [-0.39, 0.29) is 24.7 Å². The number of aromatic nitrogens is 1. The summed E-state index contributed by atoms with van der Waals surface area (Å²) in [5.41, 5.74) is 0.892. The number of hydrogen-bond donors (Lipinski definition) is 0. The highest BCUT2D eigenvalue weighted by Gasteiger charge is 2.27. The Morgan fingerprint density at radius 3 is 2.75 bits per heavy atom. The molecule has 5 nitrogen and oxygen atoms in total. The molecule has 0 spiro atoms. The van der Waals surface area contributed by atoms with Crippen molar-refractivity contribution in [3.63, 3.8) is 0 Å². The summed E-state index contributed by atoms with van der Waals surface area (Å²) in [7, 11) is 1.55. The minimum atomic E-state index is -0.110. The first-order valence-corrected chi connectivity index (χ1v) is 4.97. The van der Waals surface area contributed by atoms with Crippen LogP contribution in [0.15, 0.2) is 18.3 Å². The SMILES string of the molecule is COc1ccc(CN2CC(=O)CC2=O)cn1. The van der Waals surface area contributed by atoms with E-state index in [4.69, 9.17) is 4.74 Å². The number of rotatable bonds is 3. The molecule has 0 N–H and O–H groups in total. The lowest BCUT2D eigenvalue weighted by Gasteiger charge is -2.14. The van der Waals surface area contributed by atoms with Crippen molar-refractivity contribution in [1.29, 1.82) is 0 Å². The molecule has 0 saturated carbocycles. The number of amides is 1. The van der Waals surface area contributed by atoms with Gasteiger partial charge in [-0.2, -0.15) is 0 Å². The monoisotopic (exact) mass is 220 g/mol. The van der Waals surface area contributed by atoms with E-state index in [1.165, 1.54) is 4.90 Å². The Labute approximate surface area is 93.0 Å². The van der Waals surface area contributed by atoms with E-state index < -0.39 is 0 Å². The van der Waals surface area contributed by atoms with Gasteiger partial charge in [0.15, 0.2) is 5.78 Å². The van der Waals surface area contributed by atoms with E-state index in [0.29, 0.717) is 12.4 Å². The zero-order valence-electron chi connectivity index (χ0n) is 8.97. The number of carbonyl (C=O) groups excluding carboxylic acids is 2. The van der Waals surface area contributed by atoms with Gasteiger partial charge >= 0.3 is 0 Å². The van der Waals surface area contributed by atoms with E-state index in [2.05, 4.69) is 4.98 Å². The number of likely N-dealkylation sites (tertiary alicyclic amines) is 1. The molecule has 0 unspecified atom stereocenters. The second kappa shape index (κ2) is 4.30. The van der Waals surface area contributed by atoms with Gasteiger partial charge in [-0.15, -0.1) is 0 Å². The number of pyridine rings is 1. The summed E-state index contributed by atoms with van der Waals surface area (Å²) in [6.07, 6.45) is 1.68. The maximum absolute atomic E-state index is 11.4. The Hall–Kier alpha value is -1.91. The van der Waals surface area contributed by atoms with Crippen LogP contribution in [0.2, 0.25) is 0 Å². The van der Waals surface area contributed by atoms with Crippen LogP contribution in [0.25, 0.3) is 0 Å². The van der Waals surface area contributed by atoms with Crippen molar-refractivity contribution in [2.75, 3.05) is 13.7 Å². The molecule has 1 fully saturated rings. The number of carbonyl (C=O) groups is 2. The number of nitrogens with zero attached hydrogens (tertiary/aromatic N) is 2. The first-order chi connectivity index (χ1) is 7.69. The van der Waals surface area contributed by atoms with Crippen LogP contribution in [-0.4, -0.2) is 35.2 Å². The molecule has 2 heterocycles. The van der Waals surface area contributed by atoms with Crippen molar-refractivity contribution in [2.45, 2.75) is 13.0 Å². The molecule has 1 aliphatic heterocycles. The third kappa shape index (κ3) is 2.18. The molecular formula is C11H12N2O3. The molecule has 0 atom stereocenters. The van der Waals surface area contributed by atoms with Crippen molar-refractivity contribution in [3.8, 4) is 5.88 Å². The zero-order chi connectivity index (χ0) is 11.5. The third-order valence-corrected chi connectivity index (χ3v) is 2.45. The summed E-state index contributed by atoms with van der Waals surface area (Å²) < 4.78 is 4.93. The molecule has 0 aromatic carbocycles. The van der Waals surface area contributed by atoms with E-state index >= 15 is 0 Å². The van der Waals surface area contributed by atoms with Gasteiger partial charge in [0, 0.05) is 18.8 Å². The molecule has 1 aliphatic rings. The molecule has 0 radical (unpaired) electrons. The number of ketones is 1. The Bertz CT molecular complexity index is 414. The standard InChI is InChI=1S/C11H12N2O3/c1-16-10-3-2-8(5-12-10)6-13-7-9(14)4-11(13)15/h2-3,5H,4,6-7H2,1H3.